The molecule has 1 aliphatic heterocycles. The molecule has 1 N–H and O–H groups in total. The average molecular weight is 412 g/mol. The van der Waals surface area contributed by atoms with Gasteiger partial charge in [-0.2, -0.15) is 0 Å². The fraction of sp³-hybridized carbons (Fsp3) is 0.444. The quantitative estimate of drug-likeness (QED) is 0.793. The second kappa shape index (κ2) is 8.45. The van der Waals surface area contributed by atoms with Gasteiger partial charge in [0.25, 0.3) is 0 Å². The van der Waals surface area contributed by atoms with Crippen LogP contribution < -0.4 is 5.32 Å². The van der Waals surface area contributed by atoms with Crippen molar-refractivity contribution in [3.8, 4) is 0 Å². The Morgan fingerprint density at radius 3 is 2.93 bits per heavy atom. The van der Waals surface area contributed by atoms with Gasteiger partial charge in [0.1, 0.15) is 5.82 Å². The highest BCUT2D eigenvalue weighted by Crippen LogP contribution is 2.31. The van der Waals surface area contributed by atoms with E-state index in [-0.39, 0.29) is 23.1 Å². The minimum atomic E-state index is -3.60. The minimum absolute atomic E-state index is 0.0187. The van der Waals surface area contributed by atoms with Crippen molar-refractivity contribution in [1.29, 1.82) is 0 Å². The van der Waals surface area contributed by atoms with Crippen LogP contribution in [0.15, 0.2) is 29.6 Å². The summed E-state index contributed by atoms with van der Waals surface area (Å²) >= 11 is 1.48. The smallest absolute Gasteiger partial charge is 0.218 e. The van der Waals surface area contributed by atoms with Crippen LogP contribution in [-0.2, 0) is 27.1 Å². The topological polar surface area (TPSA) is 79.4 Å². The number of amides is 1. The lowest BCUT2D eigenvalue weighted by molar-refractivity contribution is -0.119. The largest absolute Gasteiger partial charge is 0.351 e. The van der Waals surface area contributed by atoms with Gasteiger partial charge in [0.05, 0.1) is 23.0 Å². The summed E-state index contributed by atoms with van der Waals surface area (Å²) in [5.74, 6) is -0.937. The van der Waals surface area contributed by atoms with Crippen molar-refractivity contribution < 1.29 is 17.6 Å². The molecule has 146 valence electrons. The van der Waals surface area contributed by atoms with Crippen molar-refractivity contribution in [2.24, 2.45) is 0 Å². The van der Waals surface area contributed by atoms with Crippen molar-refractivity contribution >= 4 is 27.3 Å². The Bertz CT molecular complexity index is 914. The molecule has 2 heterocycles. The summed E-state index contributed by atoms with van der Waals surface area (Å²) in [7, 11) is -3.60. The maximum Gasteiger partial charge on any atom is 0.218 e. The third-order valence-corrected chi connectivity index (χ3v) is 7.36. The zero-order valence-corrected chi connectivity index (χ0v) is 16.7. The normalized spacial score (nSPS) is 18.4. The standard InChI is InChI=1S/C18H22FN3O3S2/c1-13(23)20-9-16-11-26-18(21-16)14-6-4-8-22(10-14)27(24,25)12-15-5-2-3-7-17(15)19/h2-3,5,7,11,14H,4,6,8-10,12H2,1H3,(H,20,23)/t14-/m0/s1. The van der Waals surface area contributed by atoms with Crippen molar-refractivity contribution in [2.45, 2.75) is 38.0 Å². The van der Waals surface area contributed by atoms with Crippen LogP contribution in [0.4, 0.5) is 4.39 Å². The molecule has 2 aromatic rings. The highest BCUT2D eigenvalue weighted by molar-refractivity contribution is 7.88. The van der Waals surface area contributed by atoms with Gasteiger partial charge in [-0.15, -0.1) is 11.3 Å². The molecule has 0 radical (unpaired) electrons. The molecule has 27 heavy (non-hydrogen) atoms. The Labute approximate surface area is 162 Å². The number of carbonyl (C=O) groups excluding carboxylic acids is 1. The van der Waals surface area contributed by atoms with Crippen LogP contribution in [0.3, 0.4) is 0 Å². The molecular weight excluding hydrogens is 389 g/mol. The van der Waals surface area contributed by atoms with E-state index >= 15 is 0 Å². The SMILES string of the molecule is CC(=O)NCc1csc([C@H]2CCCN(S(=O)(=O)Cc3ccccc3F)C2)n1. The highest BCUT2D eigenvalue weighted by atomic mass is 32.2. The van der Waals surface area contributed by atoms with Crippen molar-refractivity contribution in [1.82, 2.24) is 14.6 Å². The van der Waals surface area contributed by atoms with E-state index in [1.54, 1.807) is 12.1 Å². The monoisotopic (exact) mass is 411 g/mol. The first-order valence-electron chi connectivity index (χ1n) is 8.75. The molecule has 1 fully saturated rings. The number of sulfonamides is 1. The number of thiazole rings is 1. The summed E-state index contributed by atoms with van der Waals surface area (Å²) in [6, 6.07) is 5.96. The maximum absolute atomic E-state index is 13.8. The molecule has 6 nitrogen and oxygen atoms in total. The summed E-state index contributed by atoms with van der Waals surface area (Å²) in [6.07, 6.45) is 1.60. The number of aromatic nitrogens is 1. The van der Waals surface area contributed by atoms with Crippen LogP contribution in [0.2, 0.25) is 0 Å². The lowest BCUT2D eigenvalue weighted by Gasteiger charge is -2.31. The zero-order valence-electron chi connectivity index (χ0n) is 15.0. The summed E-state index contributed by atoms with van der Waals surface area (Å²) in [5.41, 5.74) is 0.961. The van der Waals surface area contributed by atoms with Crippen LogP contribution in [0.25, 0.3) is 0 Å². The predicted molar refractivity (Wildman–Crippen MR) is 102 cm³/mol. The second-order valence-corrected chi connectivity index (χ2v) is 9.49. The lowest BCUT2D eigenvalue weighted by atomic mass is 10.0. The molecule has 0 spiro atoms. The first-order chi connectivity index (χ1) is 12.8. The minimum Gasteiger partial charge on any atom is -0.351 e. The Morgan fingerprint density at radius 2 is 2.19 bits per heavy atom. The predicted octanol–water partition coefficient (Wildman–Crippen LogP) is 2.63. The van der Waals surface area contributed by atoms with E-state index in [0.29, 0.717) is 19.6 Å². The third-order valence-electron chi connectivity index (χ3n) is 4.51. The van der Waals surface area contributed by atoms with Gasteiger partial charge in [-0.05, 0) is 18.9 Å². The maximum atomic E-state index is 13.8. The van der Waals surface area contributed by atoms with Gasteiger partial charge in [-0.3, -0.25) is 4.79 Å². The molecule has 9 heteroatoms. The molecule has 0 aliphatic carbocycles. The Hall–Kier alpha value is -1.84. The van der Waals surface area contributed by atoms with Gasteiger partial charge in [-0.1, -0.05) is 18.2 Å². The van der Waals surface area contributed by atoms with Crippen LogP contribution in [0, 0.1) is 5.82 Å². The van der Waals surface area contributed by atoms with Gasteiger partial charge < -0.3 is 5.32 Å². The van der Waals surface area contributed by atoms with E-state index in [2.05, 4.69) is 10.3 Å². The van der Waals surface area contributed by atoms with E-state index < -0.39 is 15.8 Å². The number of nitrogens with one attached hydrogen (secondary N) is 1. The van der Waals surface area contributed by atoms with Crippen LogP contribution in [0.1, 0.15) is 41.9 Å². The van der Waals surface area contributed by atoms with Crippen molar-refractivity contribution in [2.75, 3.05) is 13.1 Å². The van der Waals surface area contributed by atoms with Gasteiger partial charge in [0.2, 0.25) is 15.9 Å². The van der Waals surface area contributed by atoms with Gasteiger partial charge in [0, 0.05) is 36.9 Å². The first kappa shape index (κ1) is 19.9. The molecule has 1 aliphatic rings. The molecule has 1 atom stereocenters. The van der Waals surface area contributed by atoms with Gasteiger partial charge in [-0.25, -0.2) is 22.1 Å². The lowest BCUT2D eigenvalue weighted by Crippen LogP contribution is -2.39. The second-order valence-electron chi connectivity index (χ2n) is 6.63. The molecule has 0 saturated carbocycles. The fourth-order valence-electron chi connectivity index (χ4n) is 3.11. The third kappa shape index (κ3) is 5.12. The Morgan fingerprint density at radius 1 is 1.41 bits per heavy atom. The number of nitrogens with zero attached hydrogens (tertiary/aromatic N) is 2. The van der Waals surface area contributed by atoms with Crippen LogP contribution in [-0.4, -0.2) is 36.7 Å². The Kier molecular flexibility index (Phi) is 6.23. The fourth-order valence-corrected chi connectivity index (χ4v) is 5.68. The molecule has 0 unspecified atom stereocenters. The number of benzene rings is 1. The molecular formula is C18H22FN3O3S2. The molecule has 1 saturated heterocycles. The molecule has 1 aromatic carbocycles. The van der Waals surface area contributed by atoms with Crippen LogP contribution >= 0.6 is 11.3 Å². The molecule has 3 rings (SSSR count). The van der Waals surface area contributed by atoms with E-state index in [4.69, 9.17) is 0 Å². The van der Waals surface area contributed by atoms with Gasteiger partial charge in [0.15, 0.2) is 0 Å². The summed E-state index contributed by atoms with van der Waals surface area (Å²) < 4.78 is 40.8. The van der Waals surface area contributed by atoms with E-state index in [9.17, 15) is 17.6 Å². The number of halogens is 1. The number of carbonyl (C=O) groups is 1. The molecule has 0 bridgehead atoms. The van der Waals surface area contributed by atoms with E-state index in [1.807, 2.05) is 5.38 Å². The number of piperidine rings is 1. The average Bonchev–Trinajstić information content (AvgIpc) is 3.11. The first-order valence-corrected chi connectivity index (χ1v) is 11.2. The van der Waals surface area contributed by atoms with Crippen molar-refractivity contribution in [3.63, 3.8) is 0 Å². The number of hydrogen-bond acceptors (Lipinski definition) is 5. The number of rotatable bonds is 6. The zero-order chi connectivity index (χ0) is 19.4. The van der Waals surface area contributed by atoms with Crippen LogP contribution in [0.5, 0.6) is 0 Å². The van der Waals surface area contributed by atoms with E-state index in [0.717, 1.165) is 23.5 Å². The van der Waals surface area contributed by atoms with Crippen molar-refractivity contribution in [3.05, 3.63) is 51.7 Å². The van der Waals surface area contributed by atoms with E-state index in [1.165, 1.54) is 34.7 Å². The summed E-state index contributed by atoms with van der Waals surface area (Å²) in [5, 5.41) is 5.47. The molecule has 1 amide bonds. The summed E-state index contributed by atoms with van der Waals surface area (Å²) in [6.45, 7) is 2.61. The highest BCUT2D eigenvalue weighted by Gasteiger charge is 2.31. The molecule has 1 aromatic heterocycles. The van der Waals surface area contributed by atoms with Gasteiger partial charge >= 0.3 is 0 Å². The summed E-state index contributed by atoms with van der Waals surface area (Å²) in [4.78, 5) is 15.6. The Balaban J connectivity index is 1.68. The number of hydrogen-bond donors (Lipinski definition) is 1.